The van der Waals surface area contributed by atoms with Crippen LogP contribution in [0.25, 0.3) is 0 Å². The summed E-state index contributed by atoms with van der Waals surface area (Å²) in [6.45, 7) is 2.93. The molecule has 0 unspecified atom stereocenters. The highest BCUT2D eigenvalue weighted by Crippen LogP contribution is 2.29. The molecule has 0 N–H and O–H groups in total. The van der Waals surface area contributed by atoms with Crippen molar-refractivity contribution < 1.29 is 13.2 Å². The van der Waals surface area contributed by atoms with Gasteiger partial charge in [-0.15, -0.1) is 0 Å². The van der Waals surface area contributed by atoms with Gasteiger partial charge in [-0.1, -0.05) is 91.0 Å². The van der Waals surface area contributed by atoms with Gasteiger partial charge in [0.15, 0.2) is 0 Å². The van der Waals surface area contributed by atoms with Crippen molar-refractivity contribution >= 4 is 21.6 Å². The number of nitrogens with zero attached hydrogens (tertiary/aromatic N) is 3. The molecule has 1 amide bonds. The van der Waals surface area contributed by atoms with E-state index in [1.54, 1.807) is 49.5 Å². The molecule has 1 heterocycles. The second-order valence-corrected chi connectivity index (χ2v) is 11.7. The Labute approximate surface area is 231 Å². The SMILES string of the molecule is CN(c1ccc(CC(=O)N2CCN(C(c3ccccc3)c3ccccc3)CC2)cc1)S(=O)(=O)c1ccccc1. The summed E-state index contributed by atoms with van der Waals surface area (Å²) in [5.41, 5.74) is 3.92. The molecular formula is C32H33N3O3S. The molecule has 0 bridgehead atoms. The van der Waals surface area contributed by atoms with E-state index in [-0.39, 0.29) is 23.3 Å². The first-order valence-electron chi connectivity index (χ1n) is 13.2. The third-order valence-electron chi connectivity index (χ3n) is 7.32. The van der Waals surface area contributed by atoms with Crippen molar-refractivity contribution in [2.45, 2.75) is 17.4 Å². The fourth-order valence-electron chi connectivity index (χ4n) is 5.11. The van der Waals surface area contributed by atoms with Gasteiger partial charge in [-0.05, 0) is 41.0 Å². The summed E-state index contributed by atoms with van der Waals surface area (Å²) < 4.78 is 27.1. The lowest BCUT2D eigenvalue weighted by Crippen LogP contribution is -2.50. The molecule has 4 aromatic rings. The van der Waals surface area contributed by atoms with Crippen LogP contribution >= 0.6 is 0 Å². The minimum atomic E-state index is -3.64. The van der Waals surface area contributed by atoms with Gasteiger partial charge in [0.25, 0.3) is 10.0 Å². The number of carbonyl (C=O) groups is 1. The Morgan fingerprint density at radius 2 is 1.21 bits per heavy atom. The number of piperazine rings is 1. The van der Waals surface area contributed by atoms with Crippen LogP contribution in [-0.4, -0.2) is 57.4 Å². The number of carbonyl (C=O) groups excluding carboxylic acids is 1. The molecule has 7 heteroatoms. The summed E-state index contributed by atoms with van der Waals surface area (Å²) >= 11 is 0. The Bertz CT molecular complexity index is 1430. The monoisotopic (exact) mass is 539 g/mol. The van der Waals surface area contributed by atoms with Crippen molar-refractivity contribution in [1.29, 1.82) is 0 Å². The van der Waals surface area contributed by atoms with Crippen LogP contribution in [0.2, 0.25) is 0 Å². The highest BCUT2D eigenvalue weighted by molar-refractivity contribution is 7.92. The second kappa shape index (κ2) is 11.8. The van der Waals surface area contributed by atoms with Gasteiger partial charge < -0.3 is 4.90 Å². The highest BCUT2D eigenvalue weighted by atomic mass is 32.2. The van der Waals surface area contributed by atoms with Gasteiger partial charge in [0.2, 0.25) is 5.91 Å². The van der Waals surface area contributed by atoms with E-state index in [0.29, 0.717) is 18.8 Å². The molecule has 0 radical (unpaired) electrons. The van der Waals surface area contributed by atoms with E-state index in [9.17, 15) is 13.2 Å². The fraction of sp³-hybridized carbons (Fsp3) is 0.219. The molecule has 1 aliphatic heterocycles. The summed E-state index contributed by atoms with van der Waals surface area (Å²) in [4.78, 5) is 17.8. The second-order valence-electron chi connectivity index (χ2n) is 9.77. The first-order valence-corrected chi connectivity index (χ1v) is 14.6. The molecule has 0 aromatic heterocycles. The van der Waals surface area contributed by atoms with E-state index >= 15 is 0 Å². The van der Waals surface area contributed by atoms with Crippen molar-refractivity contribution in [1.82, 2.24) is 9.80 Å². The van der Waals surface area contributed by atoms with Gasteiger partial charge in [-0.25, -0.2) is 8.42 Å². The lowest BCUT2D eigenvalue weighted by atomic mass is 9.96. The summed E-state index contributed by atoms with van der Waals surface area (Å²) in [6, 6.07) is 36.7. The van der Waals surface area contributed by atoms with Crippen molar-refractivity contribution in [3.63, 3.8) is 0 Å². The molecule has 1 fully saturated rings. The van der Waals surface area contributed by atoms with Gasteiger partial charge >= 0.3 is 0 Å². The largest absolute Gasteiger partial charge is 0.340 e. The Kier molecular flexibility index (Phi) is 8.10. The average Bonchev–Trinajstić information content (AvgIpc) is 2.99. The van der Waals surface area contributed by atoms with Crippen molar-refractivity contribution in [2.24, 2.45) is 0 Å². The van der Waals surface area contributed by atoms with E-state index in [1.807, 2.05) is 29.2 Å². The molecule has 39 heavy (non-hydrogen) atoms. The standard InChI is InChI=1S/C32H33N3O3S/c1-33(39(37,38)30-15-9-4-10-16-30)29-19-17-26(18-20-29)25-31(36)34-21-23-35(24-22-34)32(27-11-5-2-6-12-27)28-13-7-3-8-14-28/h2-20,32H,21-25H2,1H3. The first-order chi connectivity index (χ1) is 18.9. The van der Waals surface area contributed by atoms with Crippen LogP contribution in [0.15, 0.2) is 120 Å². The summed E-state index contributed by atoms with van der Waals surface area (Å²) in [6.07, 6.45) is 0.288. The number of hydrogen-bond donors (Lipinski definition) is 0. The average molecular weight is 540 g/mol. The lowest BCUT2D eigenvalue weighted by molar-refractivity contribution is -0.132. The topological polar surface area (TPSA) is 60.9 Å². The van der Waals surface area contributed by atoms with Crippen LogP contribution in [0.3, 0.4) is 0 Å². The molecule has 0 saturated carbocycles. The molecule has 0 spiro atoms. The molecule has 200 valence electrons. The molecular weight excluding hydrogens is 506 g/mol. The van der Waals surface area contributed by atoms with Crippen LogP contribution in [0, 0.1) is 0 Å². The minimum absolute atomic E-state index is 0.0867. The third kappa shape index (κ3) is 6.05. The molecule has 1 saturated heterocycles. The predicted octanol–water partition coefficient (Wildman–Crippen LogP) is 4.99. The van der Waals surface area contributed by atoms with Gasteiger partial charge in [0.05, 0.1) is 23.0 Å². The number of rotatable bonds is 8. The normalized spacial score (nSPS) is 14.4. The van der Waals surface area contributed by atoms with E-state index < -0.39 is 10.0 Å². The maximum atomic E-state index is 13.1. The van der Waals surface area contributed by atoms with E-state index in [4.69, 9.17) is 0 Å². The summed E-state index contributed by atoms with van der Waals surface area (Å²) in [5, 5.41) is 0. The number of hydrogen-bond acceptors (Lipinski definition) is 4. The third-order valence-corrected chi connectivity index (χ3v) is 9.12. The Hall–Kier alpha value is -3.94. The van der Waals surface area contributed by atoms with Gasteiger partial charge in [-0.3, -0.25) is 14.0 Å². The van der Waals surface area contributed by atoms with Crippen LogP contribution in [0.1, 0.15) is 22.7 Å². The zero-order valence-corrected chi connectivity index (χ0v) is 22.9. The van der Waals surface area contributed by atoms with Crippen LogP contribution in [-0.2, 0) is 21.2 Å². The van der Waals surface area contributed by atoms with Crippen LogP contribution < -0.4 is 4.31 Å². The van der Waals surface area contributed by atoms with Crippen molar-refractivity contribution in [3.8, 4) is 0 Å². The van der Waals surface area contributed by atoms with Gasteiger partial charge in [0.1, 0.15) is 0 Å². The fourth-order valence-corrected chi connectivity index (χ4v) is 6.33. The molecule has 0 atom stereocenters. The summed E-state index contributed by atoms with van der Waals surface area (Å²) in [7, 11) is -2.10. The number of amides is 1. The molecule has 0 aliphatic carbocycles. The van der Waals surface area contributed by atoms with E-state index in [0.717, 1.165) is 18.7 Å². The zero-order valence-electron chi connectivity index (χ0n) is 22.1. The molecule has 5 rings (SSSR count). The van der Waals surface area contributed by atoms with E-state index in [2.05, 4.69) is 53.4 Å². The highest BCUT2D eigenvalue weighted by Gasteiger charge is 2.28. The van der Waals surface area contributed by atoms with Crippen molar-refractivity contribution in [2.75, 3.05) is 37.5 Å². The zero-order chi connectivity index (χ0) is 27.2. The van der Waals surface area contributed by atoms with Gasteiger partial charge in [0, 0.05) is 33.2 Å². The molecule has 6 nitrogen and oxygen atoms in total. The van der Waals surface area contributed by atoms with E-state index in [1.165, 1.54) is 15.4 Å². The maximum absolute atomic E-state index is 13.1. The molecule has 4 aromatic carbocycles. The lowest BCUT2D eigenvalue weighted by Gasteiger charge is -2.40. The Morgan fingerprint density at radius 1 is 0.718 bits per heavy atom. The summed E-state index contributed by atoms with van der Waals surface area (Å²) in [5.74, 6) is 0.0867. The van der Waals surface area contributed by atoms with Crippen LogP contribution in [0.4, 0.5) is 5.69 Å². The predicted molar refractivity (Wildman–Crippen MR) is 155 cm³/mol. The minimum Gasteiger partial charge on any atom is -0.340 e. The Morgan fingerprint density at radius 3 is 1.72 bits per heavy atom. The van der Waals surface area contributed by atoms with Gasteiger partial charge in [-0.2, -0.15) is 0 Å². The van der Waals surface area contributed by atoms with Crippen LogP contribution in [0.5, 0.6) is 0 Å². The number of benzene rings is 4. The smallest absolute Gasteiger partial charge is 0.264 e. The number of anilines is 1. The maximum Gasteiger partial charge on any atom is 0.264 e. The number of sulfonamides is 1. The quantitative estimate of drug-likeness (QED) is 0.317. The molecule has 1 aliphatic rings. The Balaban J connectivity index is 1.21. The van der Waals surface area contributed by atoms with Crippen molar-refractivity contribution in [3.05, 3.63) is 132 Å². The first kappa shape index (κ1) is 26.7.